The number of hydrogen-bond acceptors (Lipinski definition) is 4. The van der Waals surface area contributed by atoms with Gasteiger partial charge in [0.15, 0.2) is 0 Å². The molecule has 1 saturated heterocycles. The summed E-state index contributed by atoms with van der Waals surface area (Å²) in [5.41, 5.74) is 7.38. The van der Waals surface area contributed by atoms with Crippen molar-refractivity contribution in [2.45, 2.75) is 43.9 Å². The molecule has 2 aliphatic heterocycles. The van der Waals surface area contributed by atoms with Crippen molar-refractivity contribution in [3.8, 4) is 11.5 Å². The molecule has 110 valence electrons. The molecule has 0 radical (unpaired) electrons. The van der Waals surface area contributed by atoms with E-state index in [1.165, 1.54) is 0 Å². The van der Waals surface area contributed by atoms with Crippen LogP contribution in [0.5, 0.6) is 11.5 Å². The number of likely N-dealkylation sites (tertiary alicyclic amines) is 1. The molecule has 2 unspecified atom stereocenters. The second-order valence-corrected chi connectivity index (χ2v) is 6.28. The molecule has 0 bridgehead atoms. The number of benzene rings is 1. The van der Waals surface area contributed by atoms with Crippen LogP contribution in [0, 0.1) is 0 Å². The Bertz CT molecular complexity index is 505. The highest BCUT2D eigenvalue weighted by molar-refractivity contribution is 5.44. The monoisotopic (exact) mass is 276 g/mol. The van der Waals surface area contributed by atoms with Gasteiger partial charge in [-0.3, -0.25) is 0 Å². The first-order valence-electron chi connectivity index (χ1n) is 7.36. The van der Waals surface area contributed by atoms with Crippen molar-refractivity contribution >= 4 is 0 Å². The van der Waals surface area contributed by atoms with E-state index in [4.69, 9.17) is 15.2 Å². The summed E-state index contributed by atoms with van der Waals surface area (Å²) >= 11 is 0. The number of hydrogen-bond donors (Lipinski definition) is 1. The van der Waals surface area contributed by atoms with E-state index in [9.17, 15) is 0 Å². The van der Waals surface area contributed by atoms with Gasteiger partial charge in [0.05, 0.1) is 7.11 Å². The highest BCUT2D eigenvalue weighted by Crippen LogP contribution is 2.45. The van der Waals surface area contributed by atoms with Crippen molar-refractivity contribution in [1.82, 2.24) is 4.90 Å². The van der Waals surface area contributed by atoms with E-state index in [1.807, 2.05) is 18.2 Å². The van der Waals surface area contributed by atoms with E-state index in [-0.39, 0.29) is 11.6 Å². The summed E-state index contributed by atoms with van der Waals surface area (Å²) in [7, 11) is 3.86. The van der Waals surface area contributed by atoms with Gasteiger partial charge in [-0.25, -0.2) is 0 Å². The fourth-order valence-corrected chi connectivity index (χ4v) is 3.50. The van der Waals surface area contributed by atoms with Crippen LogP contribution in [0.4, 0.5) is 0 Å². The van der Waals surface area contributed by atoms with Gasteiger partial charge in [0, 0.05) is 43.1 Å². The Balaban J connectivity index is 1.91. The van der Waals surface area contributed by atoms with Crippen LogP contribution in [-0.2, 0) is 0 Å². The van der Waals surface area contributed by atoms with E-state index >= 15 is 0 Å². The van der Waals surface area contributed by atoms with Gasteiger partial charge in [-0.1, -0.05) is 6.07 Å². The largest absolute Gasteiger partial charge is 0.497 e. The Morgan fingerprint density at radius 2 is 2.20 bits per heavy atom. The highest BCUT2D eigenvalue weighted by Gasteiger charge is 2.44. The van der Waals surface area contributed by atoms with Gasteiger partial charge in [0.25, 0.3) is 0 Å². The van der Waals surface area contributed by atoms with Crippen LogP contribution < -0.4 is 15.2 Å². The lowest BCUT2D eigenvalue weighted by Crippen LogP contribution is -2.53. The Labute approximate surface area is 120 Å². The Morgan fingerprint density at radius 3 is 2.90 bits per heavy atom. The molecule has 0 aromatic heterocycles. The maximum absolute atomic E-state index is 6.41. The Hall–Kier alpha value is -1.26. The molecule has 1 aromatic rings. The lowest BCUT2D eigenvalue weighted by atomic mass is 9.78. The average Bonchev–Trinajstić information content (AvgIpc) is 2.43. The molecule has 0 aliphatic carbocycles. The second kappa shape index (κ2) is 4.93. The molecule has 0 amide bonds. The van der Waals surface area contributed by atoms with Gasteiger partial charge >= 0.3 is 0 Å². The van der Waals surface area contributed by atoms with Gasteiger partial charge in [0.1, 0.15) is 17.1 Å². The summed E-state index contributed by atoms with van der Waals surface area (Å²) in [5, 5.41) is 0. The van der Waals surface area contributed by atoms with E-state index in [0.29, 0.717) is 6.04 Å². The minimum atomic E-state index is -0.106. The molecule has 1 aromatic carbocycles. The lowest BCUT2D eigenvalue weighted by Gasteiger charge is -2.48. The maximum Gasteiger partial charge on any atom is 0.128 e. The number of nitrogens with two attached hydrogens (primary N) is 1. The van der Waals surface area contributed by atoms with Crippen LogP contribution in [0.1, 0.15) is 37.8 Å². The molecule has 20 heavy (non-hydrogen) atoms. The number of piperidine rings is 1. The fourth-order valence-electron chi connectivity index (χ4n) is 3.50. The van der Waals surface area contributed by atoms with Crippen molar-refractivity contribution in [3.63, 3.8) is 0 Å². The molecule has 4 heteroatoms. The summed E-state index contributed by atoms with van der Waals surface area (Å²) in [6, 6.07) is 6.55. The summed E-state index contributed by atoms with van der Waals surface area (Å²) in [6.07, 6.45) is 2.98. The third-order valence-corrected chi connectivity index (χ3v) is 4.88. The number of rotatable bonds is 1. The minimum Gasteiger partial charge on any atom is -0.497 e. The topological polar surface area (TPSA) is 47.7 Å². The third kappa shape index (κ3) is 2.27. The summed E-state index contributed by atoms with van der Waals surface area (Å²) in [5.74, 6) is 1.73. The fraction of sp³-hybridized carbons (Fsp3) is 0.625. The first-order chi connectivity index (χ1) is 9.53. The summed E-state index contributed by atoms with van der Waals surface area (Å²) in [4.78, 5) is 2.39. The van der Waals surface area contributed by atoms with Gasteiger partial charge < -0.3 is 20.1 Å². The third-order valence-electron chi connectivity index (χ3n) is 4.88. The zero-order chi connectivity index (χ0) is 14.3. The summed E-state index contributed by atoms with van der Waals surface area (Å²) in [6.45, 7) is 3.32. The Kier molecular flexibility index (Phi) is 3.38. The van der Waals surface area contributed by atoms with Crippen LogP contribution in [-0.4, -0.2) is 37.2 Å². The molecule has 2 N–H and O–H groups in total. The van der Waals surface area contributed by atoms with Crippen LogP contribution in [0.15, 0.2) is 18.2 Å². The van der Waals surface area contributed by atoms with Crippen molar-refractivity contribution in [2.24, 2.45) is 5.73 Å². The van der Waals surface area contributed by atoms with Crippen molar-refractivity contribution in [3.05, 3.63) is 23.8 Å². The number of nitrogens with zero attached hydrogens (tertiary/aromatic N) is 1. The summed E-state index contributed by atoms with van der Waals surface area (Å²) < 4.78 is 11.7. The van der Waals surface area contributed by atoms with Crippen LogP contribution in [0.2, 0.25) is 0 Å². The minimum absolute atomic E-state index is 0.0558. The molecule has 1 spiro atoms. The van der Waals surface area contributed by atoms with E-state index in [2.05, 4.69) is 18.9 Å². The molecule has 0 saturated carbocycles. The van der Waals surface area contributed by atoms with Crippen molar-refractivity contribution < 1.29 is 9.47 Å². The predicted octanol–water partition coefficient (Wildman–Crippen LogP) is 2.33. The molecular weight excluding hydrogens is 252 g/mol. The van der Waals surface area contributed by atoms with E-state index < -0.39 is 0 Å². The standard InChI is InChI=1S/C16H24N2O2/c1-11-9-16(6-7-18(11)2)10-14(17)13-5-4-12(19-3)8-15(13)20-16/h4-5,8,11,14H,6-7,9-10,17H2,1-3H3/t11?,14-,16?/m1/s1. The Morgan fingerprint density at radius 1 is 1.40 bits per heavy atom. The number of ether oxygens (including phenoxy) is 2. The first-order valence-corrected chi connectivity index (χ1v) is 7.36. The zero-order valence-corrected chi connectivity index (χ0v) is 12.6. The normalized spacial score (nSPS) is 33.6. The van der Waals surface area contributed by atoms with E-state index in [0.717, 1.165) is 42.9 Å². The number of methoxy groups -OCH3 is 1. The molecule has 2 aliphatic rings. The average molecular weight is 276 g/mol. The first kappa shape index (κ1) is 13.7. The van der Waals surface area contributed by atoms with Crippen LogP contribution in [0.25, 0.3) is 0 Å². The molecule has 1 fully saturated rings. The predicted molar refractivity (Wildman–Crippen MR) is 79.2 cm³/mol. The number of fused-ring (bicyclic) bond motifs is 1. The van der Waals surface area contributed by atoms with Gasteiger partial charge in [-0.2, -0.15) is 0 Å². The quantitative estimate of drug-likeness (QED) is 0.855. The molecule has 3 rings (SSSR count). The van der Waals surface area contributed by atoms with Gasteiger partial charge in [0.2, 0.25) is 0 Å². The van der Waals surface area contributed by atoms with E-state index in [1.54, 1.807) is 7.11 Å². The van der Waals surface area contributed by atoms with Crippen molar-refractivity contribution in [2.75, 3.05) is 20.7 Å². The van der Waals surface area contributed by atoms with Crippen LogP contribution in [0.3, 0.4) is 0 Å². The molecular formula is C16H24N2O2. The smallest absolute Gasteiger partial charge is 0.128 e. The lowest BCUT2D eigenvalue weighted by molar-refractivity contribution is -0.0358. The highest BCUT2D eigenvalue weighted by atomic mass is 16.5. The van der Waals surface area contributed by atoms with Gasteiger partial charge in [-0.05, 0) is 26.5 Å². The molecule has 3 atom stereocenters. The SMILES string of the molecule is COc1ccc2c(c1)OC1(CCN(C)C(C)C1)C[C@H]2N. The molecule has 2 heterocycles. The molecule has 4 nitrogen and oxygen atoms in total. The maximum atomic E-state index is 6.41. The zero-order valence-electron chi connectivity index (χ0n) is 12.6. The van der Waals surface area contributed by atoms with Crippen LogP contribution >= 0.6 is 0 Å². The van der Waals surface area contributed by atoms with Crippen molar-refractivity contribution in [1.29, 1.82) is 0 Å². The second-order valence-electron chi connectivity index (χ2n) is 6.28. The van der Waals surface area contributed by atoms with Gasteiger partial charge in [-0.15, -0.1) is 0 Å².